The van der Waals surface area contributed by atoms with Crippen LogP contribution < -0.4 is 5.73 Å². The minimum atomic E-state index is 0.491. The van der Waals surface area contributed by atoms with E-state index in [0.717, 1.165) is 19.4 Å². The van der Waals surface area contributed by atoms with Gasteiger partial charge in [0, 0.05) is 0 Å². The van der Waals surface area contributed by atoms with Crippen molar-refractivity contribution in [1.29, 1.82) is 0 Å². The Morgan fingerprint density at radius 1 is 0.714 bits per heavy atom. The van der Waals surface area contributed by atoms with Gasteiger partial charge in [0.1, 0.15) is 0 Å². The minimum absolute atomic E-state index is 0.491. The van der Waals surface area contributed by atoms with Crippen molar-refractivity contribution in [2.45, 2.75) is 38.5 Å². The molecule has 2 N–H and O–H groups in total. The van der Waals surface area contributed by atoms with Crippen molar-refractivity contribution < 1.29 is 0 Å². The van der Waals surface area contributed by atoms with Gasteiger partial charge in [0.05, 0.1) is 0 Å². The fourth-order valence-electron chi connectivity index (χ4n) is 3.58. The van der Waals surface area contributed by atoms with E-state index in [2.05, 4.69) is 74.5 Å². The van der Waals surface area contributed by atoms with Crippen LogP contribution >= 0.6 is 0 Å². The van der Waals surface area contributed by atoms with Gasteiger partial charge in [0.15, 0.2) is 0 Å². The maximum absolute atomic E-state index is 6.20. The smallest absolute Gasteiger partial charge is 0.00372 e. The first-order valence-electron chi connectivity index (χ1n) is 8.11. The minimum Gasteiger partial charge on any atom is -0.330 e. The Hall–Kier alpha value is -1.60. The fourth-order valence-corrected chi connectivity index (χ4v) is 3.58. The van der Waals surface area contributed by atoms with E-state index in [1.807, 2.05) is 0 Å². The first-order valence-corrected chi connectivity index (χ1v) is 8.11. The molecule has 0 aliphatic rings. The lowest BCUT2D eigenvalue weighted by molar-refractivity contribution is 0.342. The van der Waals surface area contributed by atoms with Crippen LogP contribution in [-0.2, 0) is 0 Å². The highest BCUT2D eigenvalue weighted by molar-refractivity contribution is 5.25. The van der Waals surface area contributed by atoms with E-state index >= 15 is 0 Å². The van der Waals surface area contributed by atoms with Crippen molar-refractivity contribution in [2.75, 3.05) is 6.54 Å². The Morgan fingerprint density at radius 3 is 1.38 bits per heavy atom. The van der Waals surface area contributed by atoms with E-state index in [1.165, 1.54) is 11.1 Å². The molecule has 0 saturated carbocycles. The molecule has 0 aliphatic carbocycles. The molecule has 0 bridgehead atoms. The number of hydrogen-bond acceptors (Lipinski definition) is 1. The lowest BCUT2D eigenvalue weighted by Crippen LogP contribution is -2.28. The summed E-state index contributed by atoms with van der Waals surface area (Å²) in [4.78, 5) is 0. The highest BCUT2D eigenvalue weighted by Crippen LogP contribution is 2.39. The van der Waals surface area contributed by atoms with E-state index in [9.17, 15) is 0 Å². The van der Waals surface area contributed by atoms with Gasteiger partial charge in [0.25, 0.3) is 0 Å². The van der Waals surface area contributed by atoms with Crippen LogP contribution in [0.3, 0.4) is 0 Å². The summed E-state index contributed by atoms with van der Waals surface area (Å²) in [5.74, 6) is 1.55. The molecule has 0 radical (unpaired) electrons. The summed E-state index contributed by atoms with van der Waals surface area (Å²) in [6.45, 7) is 5.29. The third kappa shape index (κ3) is 3.74. The van der Waals surface area contributed by atoms with Gasteiger partial charge in [-0.3, -0.25) is 0 Å². The standard InChI is InChI=1S/C20H27N/c1-3-18(16-11-7-5-8-12-16)20(15-21)19(4-2)17-13-9-6-10-14-17/h5-14,18-20H,3-4,15,21H2,1-2H3. The largest absolute Gasteiger partial charge is 0.330 e. The highest BCUT2D eigenvalue weighted by Gasteiger charge is 2.28. The number of benzene rings is 2. The van der Waals surface area contributed by atoms with E-state index < -0.39 is 0 Å². The van der Waals surface area contributed by atoms with E-state index in [1.54, 1.807) is 0 Å². The maximum Gasteiger partial charge on any atom is -0.00372 e. The average Bonchev–Trinajstić information content (AvgIpc) is 2.56. The second-order valence-electron chi connectivity index (χ2n) is 5.75. The summed E-state index contributed by atoms with van der Waals surface area (Å²) in [5, 5.41) is 0. The van der Waals surface area contributed by atoms with Crippen LogP contribution in [0.4, 0.5) is 0 Å². The zero-order chi connectivity index (χ0) is 15.1. The van der Waals surface area contributed by atoms with Crippen molar-refractivity contribution >= 4 is 0 Å². The number of nitrogens with two attached hydrogens (primary N) is 1. The van der Waals surface area contributed by atoms with Crippen molar-refractivity contribution in [2.24, 2.45) is 11.7 Å². The Balaban J connectivity index is 2.31. The van der Waals surface area contributed by atoms with Gasteiger partial charge in [-0.25, -0.2) is 0 Å². The first kappa shape index (κ1) is 15.8. The molecule has 2 rings (SSSR count). The zero-order valence-electron chi connectivity index (χ0n) is 13.2. The summed E-state index contributed by atoms with van der Waals surface area (Å²) in [6, 6.07) is 21.7. The predicted molar refractivity (Wildman–Crippen MR) is 91.5 cm³/mol. The van der Waals surface area contributed by atoms with Gasteiger partial charge >= 0.3 is 0 Å². The van der Waals surface area contributed by atoms with Gasteiger partial charge in [-0.15, -0.1) is 0 Å². The fraction of sp³-hybridized carbons (Fsp3) is 0.400. The molecule has 1 nitrogen and oxygen atoms in total. The summed E-state index contributed by atoms with van der Waals surface area (Å²) in [6.07, 6.45) is 2.27. The molecule has 0 heterocycles. The molecule has 2 aromatic carbocycles. The third-order valence-corrected chi connectivity index (χ3v) is 4.64. The normalized spacial score (nSPS) is 15.4. The van der Waals surface area contributed by atoms with Crippen LogP contribution in [-0.4, -0.2) is 6.54 Å². The topological polar surface area (TPSA) is 26.0 Å². The molecule has 1 heteroatoms. The lowest BCUT2D eigenvalue weighted by atomic mass is 9.73. The number of rotatable bonds is 7. The number of hydrogen-bond donors (Lipinski definition) is 1. The van der Waals surface area contributed by atoms with Crippen LogP contribution in [0.2, 0.25) is 0 Å². The molecule has 0 spiro atoms. The van der Waals surface area contributed by atoms with Gasteiger partial charge in [0.2, 0.25) is 0 Å². The van der Waals surface area contributed by atoms with E-state index in [4.69, 9.17) is 5.73 Å². The zero-order valence-corrected chi connectivity index (χ0v) is 13.2. The summed E-state index contributed by atoms with van der Waals surface area (Å²) in [5.41, 5.74) is 9.04. The van der Waals surface area contributed by atoms with Crippen LogP contribution in [0, 0.1) is 5.92 Å². The molecule has 0 amide bonds. The Bertz CT molecular complexity index is 458. The van der Waals surface area contributed by atoms with Crippen LogP contribution in [0.25, 0.3) is 0 Å². The molecule has 0 aliphatic heterocycles. The predicted octanol–water partition coefficient (Wildman–Crippen LogP) is 4.95. The van der Waals surface area contributed by atoms with Crippen LogP contribution in [0.5, 0.6) is 0 Å². The average molecular weight is 281 g/mol. The SMILES string of the molecule is CCC(c1ccccc1)C(CN)C(CC)c1ccccc1. The maximum atomic E-state index is 6.20. The quantitative estimate of drug-likeness (QED) is 0.763. The van der Waals surface area contributed by atoms with E-state index in [0.29, 0.717) is 17.8 Å². The molecule has 0 aromatic heterocycles. The Kier molecular flexibility index (Phi) is 6.01. The molecule has 21 heavy (non-hydrogen) atoms. The Morgan fingerprint density at radius 2 is 1.10 bits per heavy atom. The third-order valence-electron chi connectivity index (χ3n) is 4.64. The summed E-state index contributed by atoms with van der Waals surface area (Å²) >= 11 is 0. The second kappa shape index (κ2) is 7.99. The molecule has 2 unspecified atom stereocenters. The molecular weight excluding hydrogens is 254 g/mol. The van der Waals surface area contributed by atoms with Gasteiger partial charge in [-0.1, -0.05) is 74.5 Å². The van der Waals surface area contributed by atoms with Crippen molar-refractivity contribution in [3.63, 3.8) is 0 Å². The van der Waals surface area contributed by atoms with Crippen molar-refractivity contribution in [3.8, 4) is 0 Å². The van der Waals surface area contributed by atoms with Gasteiger partial charge in [-0.05, 0) is 48.3 Å². The molecular formula is C20H27N. The first-order chi connectivity index (χ1) is 10.3. The highest BCUT2D eigenvalue weighted by atomic mass is 14.6. The van der Waals surface area contributed by atoms with Crippen LogP contribution in [0.15, 0.2) is 60.7 Å². The summed E-state index contributed by atoms with van der Waals surface area (Å²) in [7, 11) is 0. The van der Waals surface area contributed by atoms with Crippen molar-refractivity contribution in [1.82, 2.24) is 0 Å². The lowest BCUT2D eigenvalue weighted by Gasteiger charge is -2.33. The summed E-state index contributed by atoms with van der Waals surface area (Å²) < 4.78 is 0. The monoisotopic (exact) mass is 281 g/mol. The van der Waals surface area contributed by atoms with Gasteiger partial charge in [-0.2, -0.15) is 0 Å². The molecule has 0 fully saturated rings. The van der Waals surface area contributed by atoms with Gasteiger partial charge < -0.3 is 5.73 Å². The second-order valence-corrected chi connectivity index (χ2v) is 5.75. The molecule has 2 atom stereocenters. The van der Waals surface area contributed by atoms with Crippen molar-refractivity contribution in [3.05, 3.63) is 71.8 Å². The molecule has 2 aromatic rings. The molecule has 0 saturated heterocycles. The molecule has 112 valence electrons. The Labute approximate surface area is 129 Å². The van der Waals surface area contributed by atoms with Crippen LogP contribution in [0.1, 0.15) is 49.7 Å². The van der Waals surface area contributed by atoms with E-state index in [-0.39, 0.29) is 0 Å².